The Morgan fingerprint density at radius 3 is 1.94 bits per heavy atom. The van der Waals surface area contributed by atoms with Crippen molar-refractivity contribution >= 4 is 20.3 Å². The van der Waals surface area contributed by atoms with Gasteiger partial charge in [0.1, 0.15) is 0 Å². The van der Waals surface area contributed by atoms with Crippen LogP contribution in [-0.4, -0.2) is 9.52 Å². The summed E-state index contributed by atoms with van der Waals surface area (Å²) in [6, 6.07) is 15.4. The fourth-order valence-corrected chi connectivity index (χ4v) is 3.99. The van der Waals surface area contributed by atoms with E-state index in [2.05, 4.69) is 116 Å². The molecule has 0 saturated heterocycles. The van der Waals surface area contributed by atoms with Crippen LogP contribution in [0.2, 0.25) is 13.1 Å². The van der Waals surface area contributed by atoms with E-state index in [1.54, 1.807) is 0 Å². The second-order valence-electron chi connectivity index (χ2n) is 9.69. The number of allylic oxidation sites excluding steroid dienone is 1. The van der Waals surface area contributed by atoms with Gasteiger partial charge in [-0.15, -0.1) is 29.2 Å². The summed E-state index contributed by atoms with van der Waals surface area (Å²) in [5.41, 5.74) is 8.86. The fourth-order valence-electron chi connectivity index (χ4n) is 3.99. The summed E-state index contributed by atoms with van der Waals surface area (Å²) < 4.78 is 0. The number of hydrogen-bond acceptors (Lipinski definition) is 0. The number of benzene rings is 2. The van der Waals surface area contributed by atoms with E-state index in [4.69, 9.17) is 0 Å². The quantitative estimate of drug-likeness (QED) is 0.196. The molecule has 164 valence electrons. The number of hydrogen-bond donors (Lipinski definition) is 0. The van der Waals surface area contributed by atoms with Crippen LogP contribution in [0.1, 0.15) is 66.5 Å². The van der Waals surface area contributed by atoms with Crippen molar-refractivity contribution in [2.24, 2.45) is 5.41 Å². The van der Waals surface area contributed by atoms with Gasteiger partial charge in [0.25, 0.3) is 0 Å². The first-order valence-electron chi connectivity index (χ1n) is 11.0. The molecule has 0 spiro atoms. The first kappa shape index (κ1) is 27.9. The Kier molecular flexibility index (Phi) is 11.0. The molecule has 0 amide bonds. The largest absolute Gasteiger partial charge is 0.196 e. The Hall–Kier alpha value is -1.12. The minimum Gasteiger partial charge on any atom is -0.196 e. The van der Waals surface area contributed by atoms with Crippen molar-refractivity contribution in [1.82, 2.24) is 0 Å². The van der Waals surface area contributed by atoms with Gasteiger partial charge < -0.3 is 0 Å². The molecule has 0 aromatic heterocycles. The molecule has 0 fully saturated rings. The van der Waals surface area contributed by atoms with Crippen LogP contribution in [0, 0.1) is 39.2 Å². The summed E-state index contributed by atoms with van der Waals surface area (Å²) in [5.74, 6) is 0.532. The Balaban J connectivity index is 0.000000313. The molecule has 0 nitrogen and oxygen atoms in total. The molecule has 0 N–H and O–H groups in total. The van der Waals surface area contributed by atoms with Gasteiger partial charge in [-0.25, -0.2) is 0 Å². The van der Waals surface area contributed by atoms with Crippen LogP contribution in [0.25, 0.3) is 10.8 Å². The number of rotatable bonds is 1. The average Bonchev–Trinajstić information content (AvgIpc) is 3.18. The van der Waals surface area contributed by atoms with Crippen LogP contribution >= 0.6 is 0 Å². The molecule has 2 heteroatoms. The summed E-state index contributed by atoms with van der Waals surface area (Å²) in [5, 5.41) is 2.65. The van der Waals surface area contributed by atoms with E-state index in [1.807, 2.05) is 0 Å². The maximum absolute atomic E-state index is 3.49. The van der Waals surface area contributed by atoms with Gasteiger partial charge in [0, 0.05) is 35.4 Å². The molecule has 0 saturated carbocycles. The third-order valence-electron chi connectivity index (χ3n) is 5.80. The topological polar surface area (TPSA) is 0 Å². The van der Waals surface area contributed by atoms with Gasteiger partial charge >= 0.3 is 0 Å². The Morgan fingerprint density at radius 1 is 0.903 bits per heavy atom. The number of aryl methyl sites for hydroxylation is 2. The Labute approximate surface area is 212 Å². The van der Waals surface area contributed by atoms with Gasteiger partial charge in [-0.05, 0) is 11.8 Å². The molecule has 1 aliphatic rings. The van der Waals surface area contributed by atoms with Crippen molar-refractivity contribution in [3.63, 3.8) is 0 Å². The molecule has 1 unspecified atom stereocenters. The van der Waals surface area contributed by atoms with Crippen LogP contribution < -0.4 is 0 Å². The average molecular weight is 593 g/mol. The monoisotopic (exact) mass is 594 g/mol. The van der Waals surface area contributed by atoms with Crippen molar-refractivity contribution in [2.45, 2.75) is 73.9 Å². The van der Waals surface area contributed by atoms with Crippen LogP contribution in [0.4, 0.5) is 0 Å². The van der Waals surface area contributed by atoms with E-state index >= 15 is 0 Å². The third-order valence-corrected chi connectivity index (χ3v) is 5.80. The molecule has 1 atom stereocenters. The summed E-state index contributed by atoms with van der Waals surface area (Å²) in [6.07, 6.45) is 6.93. The van der Waals surface area contributed by atoms with Crippen molar-refractivity contribution in [3.05, 3.63) is 88.0 Å². The van der Waals surface area contributed by atoms with E-state index in [0.717, 1.165) is 9.52 Å². The van der Waals surface area contributed by atoms with Gasteiger partial charge in [0.05, 0.1) is 0 Å². The summed E-state index contributed by atoms with van der Waals surface area (Å²) in [4.78, 5) is 0. The predicted molar refractivity (Wildman–Crippen MR) is 136 cm³/mol. The van der Waals surface area contributed by atoms with Crippen LogP contribution in [0.15, 0.2) is 48.5 Å². The van der Waals surface area contributed by atoms with Crippen LogP contribution in [0.5, 0.6) is 0 Å². The maximum Gasteiger partial charge on any atom is 0.0307 e. The molecule has 0 aliphatic heterocycles. The Bertz CT molecular complexity index is 979. The van der Waals surface area contributed by atoms with E-state index in [9.17, 15) is 0 Å². The summed E-state index contributed by atoms with van der Waals surface area (Å²) in [6.45, 7) is 19.9. The maximum atomic E-state index is 3.49. The molecular weight excluding hydrogens is 555 g/mol. The molecule has 0 bridgehead atoms. The summed E-state index contributed by atoms with van der Waals surface area (Å²) in [7, 11) is 1.08. The van der Waals surface area contributed by atoms with E-state index in [1.165, 1.54) is 50.6 Å². The van der Waals surface area contributed by atoms with Gasteiger partial charge in [0.15, 0.2) is 0 Å². The molecule has 0 heterocycles. The fraction of sp³-hybridized carbons (Fsp3) is 0.414. The molecule has 3 aromatic rings. The SMILES string of the molecule is CC(C)(C)CC1C=[C-]c2c1ccc1ccccc21.C[Si]C.Cc1[cH-]c(C)c(C)c1C.[Hf]. The molecule has 2 radical (unpaired) electrons. The first-order valence-corrected chi connectivity index (χ1v) is 13.0. The van der Waals surface area contributed by atoms with Crippen LogP contribution in [0.3, 0.4) is 0 Å². The number of fused-ring (bicyclic) bond motifs is 3. The zero-order valence-corrected chi connectivity index (χ0v) is 25.5. The van der Waals surface area contributed by atoms with Crippen molar-refractivity contribution in [2.75, 3.05) is 0 Å². The summed E-state index contributed by atoms with van der Waals surface area (Å²) >= 11 is 0. The molecular formula is C29H38HfSi-2. The standard InChI is InChI=1S/C18H19.C9H13.C2H6Si.Hf/c1-18(2,3)12-14-9-11-17-15-7-5-4-6-13(15)8-10-16(14)17;1-6-5-7(2)9(4)8(6)3;1-3-2;/h4-10,14H,12H2,1-3H3;5H,1-4H3;1-2H3;/q2*-1;;. The zero-order valence-electron chi connectivity index (χ0n) is 20.9. The first-order chi connectivity index (χ1) is 14.1. The smallest absolute Gasteiger partial charge is 0.0307 e. The molecule has 4 rings (SSSR count). The molecule has 31 heavy (non-hydrogen) atoms. The van der Waals surface area contributed by atoms with Crippen molar-refractivity contribution in [3.8, 4) is 0 Å². The van der Waals surface area contributed by atoms with Gasteiger partial charge in [0.2, 0.25) is 0 Å². The van der Waals surface area contributed by atoms with Gasteiger partial charge in [-0.2, -0.15) is 40.0 Å². The second kappa shape index (κ2) is 12.2. The van der Waals surface area contributed by atoms with E-state index in [0.29, 0.717) is 11.3 Å². The second-order valence-corrected chi connectivity index (χ2v) is 10.7. The normalized spacial score (nSPS) is 14.2. The zero-order chi connectivity index (χ0) is 22.5. The molecule has 3 aromatic carbocycles. The van der Waals surface area contributed by atoms with E-state index < -0.39 is 0 Å². The van der Waals surface area contributed by atoms with Crippen molar-refractivity contribution in [1.29, 1.82) is 0 Å². The van der Waals surface area contributed by atoms with Gasteiger partial charge in [-0.1, -0.05) is 97.1 Å². The van der Waals surface area contributed by atoms with Crippen molar-refractivity contribution < 1.29 is 25.8 Å². The van der Waals surface area contributed by atoms with Crippen LogP contribution in [-0.2, 0) is 25.8 Å². The predicted octanol–water partition coefficient (Wildman–Crippen LogP) is 8.50. The van der Waals surface area contributed by atoms with E-state index in [-0.39, 0.29) is 25.8 Å². The minimum atomic E-state index is 0. The minimum absolute atomic E-state index is 0. The third kappa shape index (κ3) is 7.46. The van der Waals surface area contributed by atoms with Gasteiger partial charge in [-0.3, -0.25) is 0 Å². The molecule has 1 aliphatic carbocycles. The Morgan fingerprint density at radius 2 is 1.45 bits per heavy atom.